The second kappa shape index (κ2) is 5.61. The van der Waals surface area contributed by atoms with Crippen LogP contribution in [-0.4, -0.2) is 16.9 Å². The number of nitrogens with zero attached hydrogens (tertiary/aromatic N) is 1. The number of halogens is 2. The lowest BCUT2D eigenvalue weighted by Crippen LogP contribution is -2.24. The number of thiazole rings is 1. The molecule has 102 valence electrons. The molecule has 1 unspecified atom stereocenters. The van der Waals surface area contributed by atoms with Crippen LogP contribution >= 0.6 is 11.3 Å². The molecule has 1 heterocycles. The van der Waals surface area contributed by atoms with Gasteiger partial charge in [0.25, 0.3) is 0 Å². The molecular formula is C13H20F2N2S. The highest BCUT2D eigenvalue weighted by molar-refractivity contribution is 7.11. The highest BCUT2D eigenvalue weighted by Crippen LogP contribution is 2.42. The van der Waals surface area contributed by atoms with Gasteiger partial charge in [0.05, 0.1) is 5.01 Å². The van der Waals surface area contributed by atoms with E-state index in [4.69, 9.17) is 0 Å². The van der Waals surface area contributed by atoms with Crippen LogP contribution in [0.5, 0.6) is 0 Å². The SMILES string of the molecule is CC(C)NCc1cnc(C2CCCC(F)(F)C2)s1. The minimum atomic E-state index is -2.50. The molecule has 1 fully saturated rings. The van der Waals surface area contributed by atoms with Crippen LogP contribution in [0.15, 0.2) is 6.20 Å². The van der Waals surface area contributed by atoms with Gasteiger partial charge in [-0.05, 0) is 12.8 Å². The second-order valence-electron chi connectivity index (χ2n) is 5.35. The van der Waals surface area contributed by atoms with Gasteiger partial charge in [0.15, 0.2) is 0 Å². The number of hydrogen-bond donors (Lipinski definition) is 1. The number of alkyl halides is 2. The molecule has 0 amide bonds. The molecule has 1 aliphatic rings. The van der Waals surface area contributed by atoms with Gasteiger partial charge in [-0.2, -0.15) is 0 Å². The molecule has 1 atom stereocenters. The zero-order valence-corrected chi connectivity index (χ0v) is 11.7. The number of rotatable bonds is 4. The predicted molar refractivity (Wildman–Crippen MR) is 70.2 cm³/mol. The minimum Gasteiger partial charge on any atom is -0.310 e. The molecule has 0 aromatic carbocycles. The summed E-state index contributed by atoms with van der Waals surface area (Å²) >= 11 is 1.58. The van der Waals surface area contributed by atoms with Crippen LogP contribution in [0.25, 0.3) is 0 Å². The van der Waals surface area contributed by atoms with Crippen LogP contribution in [-0.2, 0) is 6.54 Å². The van der Waals surface area contributed by atoms with Gasteiger partial charge >= 0.3 is 0 Å². The first-order valence-electron chi connectivity index (χ1n) is 6.52. The largest absolute Gasteiger partial charge is 0.310 e. The van der Waals surface area contributed by atoms with E-state index < -0.39 is 5.92 Å². The summed E-state index contributed by atoms with van der Waals surface area (Å²) in [4.78, 5) is 5.46. The van der Waals surface area contributed by atoms with E-state index in [1.165, 1.54) is 0 Å². The average Bonchev–Trinajstić information content (AvgIpc) is 2.73. The molecule has 0 radical (unpaired) electrons. The topological polar surface area (TPSA) is 24.9 Å². The van der Waals surface area contributed by atoms with Crippen molar-refractivity contribution in [3.8, 4) is 0 Å². The lowest BCUT2D eigenvalue weighted by Gasteiger charge is -2.27. The normalized spacial score (nSPS) is 23.5. The summed E-state index contributed by atoms with van der Waals surface area (Å²) in [6, 6.07) is 0.426. The highest BCUT2D eigenvalue weighted by atomic mass is 32.1. The van der Waals surface area contributed by atoms with Crippen LogP contribution in [0.1, 0.15) is 55.3 Å². The Kier molecular flexibility index (Phi) is 4.33. The zero-order valence-electron chi connectivity index (χ0n) is 10.9. The first-order chi connectivity index (χ1) is 8.46. The number of nitrogens with one attached hydrogen (secondary N) is 1. The molecule has 2 nitrogen and oxygen atoms in total. The average molecular weight is 274 g/mol. The van der Waals surface area contributed by atoms with Crippen molar-refractivity contribution in [2.75, 3.05) is 0 Å². The Morgan fingerprint density at radius 3 is 3.00 bits per heavy atom. The minimum absolute atomic E-state index is 0.0302. The van der Waals surface area contributed by atoms with E-state index in [9.17, 15) is 8.78 Å². The van der Waals surface area contributed by atoms with E-state index in [-0.39, 0.29) is 18.8 Å². The maximum Gasteiger partial charge on any atom is 0.248 e. The molecule has 0 spiro atoms. The smallest absolute Gasteiger partial charge is 0.248 e. The van der Waals surface area contributed by atoms with Crippen molar-refractivity contribution in [3.63, 3.8) is 0 Å². The van der Waals surface area contributed by atoms with Crippen molar-refractivity contribution in [1.29, 1.82) is 0 Å². The van der Waals surface area contributed by atoms with E-state index in [0.717, 1.165) is 22.9 Å². The van der Waals surface area contributed by atoms with E-state index >= 15 is 0 Å². The van der Waals surface area contributed by atoms with E-state index in [1.807, 2.05) is 6.20 Å². The molecule has 1 aliphatic carbocycles. The summed E-state index contributed by atoms with van der Waals surface area (Å²) in [6.45, 7) is 4.95. The van der Waals surface area contributed by atoms with E-state index in [2.05, 4.69) is 24.1 Å². The Balaban J connectivity index is 1.97. The van der Waals surface area contributed by atoms with Crippen LogP contribution in [0.2, 0.25) is 0 Å². The predicted octanol–water partition coefficient (Wildman–Crippen LogP) is 3.93. The Morgan fingerprint density at radius 2 is 2.33 bits per heavy atom. The summed E-state index contributed by atoms with van der Waals surface area (Å²) in [5, 5.41) is 4.20. The molecule has 0 aliphatic heterocycles. The van der Waals surface area contributed by atoms with Crippen LogP contribution < -0.4 is 5.32 Å². The Morgan fingerprint density at radius 1 is 1.56 bits per heavy atom. The molecule has 1 saturated carbocycles. The maximum atomic E-state index is 13.4. The van der Waals surface area contributed by atoms with Gasteiger partial charge in [0, 0.05) is 42.4 Å². The van der Waals surface area contributed by atoms with Gasteiger partial charge in [-0.1, -0.05) is 13.8 Å². The lowest BCUT2D eigenvalue weighted by atomic mass is 9.87. The summed E-state index contributed by atoms with van der Waals surface area (Å²) in [5.41, 5.74) is 0. The highest BCUT2D eigenvalue weighted by Gasteiger charge is 2.37. The van der Waals surface area contributed by atoms with Crippen LogP contribution in [0.3, 0.4) is 0 Å². The fourth-order valence-electron chi connectivity index (χ4n) is 2.28. The van der Waals surface area contributed by atoms with Crippen LogP contribution in [0, 0.1) is 0 Å². The summed E-state index contributed by atoms with van der Waals surface area (Å²) in [6.07, 6.45) is 3.29. The molecular weight excluding hydrogens is 254 g/mol. The monoisotopic (exact) mass is 274 g/mol. The Hall–Kier alpha value is -0.550. The number of aromatic nitrogens is 1. The lowest BCUT2D eigenvalue weighted by molar-refractivity contribution is -0.0408. The third kappa shape index (κ3) is 3.72. The van der Waals surface area contributed by atoms with E-state index in [0.29, 0.717) is 12.5 Å². The fourth-order valence-corrected chi connectivity index (χ4v) is 3.28. The van der Waals surface area contributed by atoms with Crippen molar-refractivity contribution in [2.24, 2.45) is 0 Å². The molecule has 1 aromatic heterocycles. The van der Waals surface area contributed by atoms with Gasteiger partial charge in [-0.15, -0.1) is 11.3 Å². The third-order valence-electron chi connectivity index (χ3n) is 3.25. The third-order valence-corrected chi connectivity index (χ3v) is 4.41. The molecule has 2 rings (SSSR count). The summed E-state index contributed by atoms with van der Waals surface area (Å²) in [5.74, 6) is -2.54. The summed E-state index contributed by atoms with van der Waals surface area (Å²) < 4.78 is 26.7. The maximum absolute atomic E-state index is 13.4. The van der Waals surface area contributed by atoms with Crippen molar-refractivity contribution in [2.45, 2.75) is 64.0 Å². The summed E-state index contributed by atoms with van der Waals surface area (Å²) in [7, 11) is 0. The number of hydrogen-bond acceptors (Lipinski definition) is 3. The van der Waals surface area contributed by atoms with Crippen molar-refractivity contribution < 1.29 is 8.78 Å². The van der Waals surface area contributed by atoms with Gasteiger partial charge in [0.2, 0.25) is 5.92 Å². The van der Waals surface area contributed by atoms with Crippen molar-refractivity contribution in [3.05, 3.63) is 16.1 Å². The van der Waals surface area contributed by atoms with Gasteiger partial charge in [-0.3, -0.25) is 0 Å². The molecule has 1 aromatic rings. The fraction of sp³-hybridized carbons (Fsp3) is 0.769. The van der Waals surface area contributed by atoms with Crippen molar-refractivity contribution >= 4 is 11.3 Å². The van der Waals surface area contributed by atoms with Gasteiger partial charge in [0.1, 0.15) is 0 Å². The van der Waals surface area contributed by atoms with E-state index in [1.54, 1.807) is 11.3 Å². The molecule has 18 heavy (non-hydrogen) atoms. The Labute approximate surface area is 111 Å². The first kappa shape index (κ1) is 13.9. The molecule has 5 heteroatoms. The quantitative estimate of drug-likeness (QED) is 0.899. The molecule has 0 bridgehead atoms. The second-order valence-corrected chi connectivity index (χ2v) is 6.50. The zero-order chi connectivity index (χ0) is 13.2. The van der Waals surface area contributed by atoms with Crippen molar-refractivity contribution in [1.82, 2.24) is 10.3 Å². The molecule has 0 saturated heterocycles. The molecule has 1 N–H and O–H groups in total. The van der Waals surface area contributed by atoms with Crippen LogP contribution in [0.4, 0.5) is 8.78 Å². The first-order valence-corrected chi connectivity index (χ1v) is 7.34. The van der Waals surface area contributed by atoms with Gasteiger partial charge < -0.3 is 5.32 Å². The standard InChI is InChI=1S/C13H20F2N2S/c1-9(2)16-7-11-8-17-12(18-11)10-4-3-5-13(14,15)6-10/h8-10,16H,3-7H2,1-2H3. The van der Waals surface area contributed by atoms with Gasteiger partial charge in [-0.25, -0.2) is 13.8 Å². The Bertz CT molecular complexity index is 390.